The number of sulfonamides is 1. The number of carbonyl (C=O) groups excluding carboxylic acids is 3. The van der Waals surface area contributed by atoms with Gasteiger partial charge < -0.3 is 19.5 Å². The quantitative estimate of drug-likeness (QED) is 0.385. The highest BCUT2D eigenvalue weighted by molar-refractivity contribution is 7.90. The second kappa shape index (κ2) is 11.9. The Labute approximate surface area is 191 Å². The summed E-state index contributed by atoms with van der Waals surface area (Å²) in [5.74, 6) is -1.40. The number of carbonyl (C=O) groups is 3. The lowest BCUT2D eigenvalue weighted by Gasteiger charge is -2.09. The first kappa shape index (κ1) is 25.7. The Morgan fingerprint density at radius 2 is 1.67 bits per heavy atom. The summed E-state index contributed by atoms with van der Waals surface area (Å²) in [6.07, 6.45) is 0.367. The Bertz CT molecular complexity index is 1070. The molecule has 11 nitrogen and oxygen atoms in total. The van der Waals surface area contributed by atoms with E-state index in [0.717, 1.165) is 6.20 Å². The van der Waals surface area contributed by atoms with Gasteiger partial charge >= 0.3 is 6.16 Å². The maximum atomic E-state index is 12.5. The van der Waals surface area contributed by atoms with Crippen molar-refractivity contribution in [3.05, 3.63) is 53.7 Å². The number of hydrogen-bond acceptors (Lipinski definition) is 9. The Morgan fingerprint density at radius 1 is 1.00 bits per heavy atom. The Balaban J connectivity index is 1.98. The van der Waals surface area contributed by atoms with Crippen LogP contribution in [-0.2, 0) is 19.5 Å². The SMILES string of the molecule is COCCCNC(=O)c1ccc(S(=O)(=O)NC(=O)c2ccc(OC(=O)OC(C)C)nc2)cc1. The van der Waals surface area contributed by atoms with E-state index in [1.807, 2.05) is 4.72 Å². The number of benzene rings is 1. The molecule has 2 N–H and O–H groups in total. The van der Waals surface area contributed by atoms with Gasteiger partial charge in [0.25, 0.3) is 21.8 Å². The van der Waals surface area contributed by atoms with Gasteiger partial charge in [0.05, 0.1) is 16.6 Å². The molecule has 1 aromatic heterocycles. The summed E-state index contributed by atoms with van der Waals surface area (Å²) in [5.41, 5.74) is 0.198. The molecule has 0 fully saturated rings. The summed E-state index contributed by atoms with van der Waals surface area (Å²) in [4.78, 5) is 39.4. The first-order valence-corrected chi connectivity index (χ1v) is 11.4. The predicted molar refractivity (Wildman–Crippen MR) is 116 cm³/mol. The normalized spacial score (nSPS) is 11.0. The zero-order valence-corrected chi connectivity index (χ0v) is 19.2. The van der Waals surface area contributed by atoms with Gasteiger partial charge in [-0.15, -0.1) is 0 Å². The maximum absolute atomic E-state index is 12.5. The molecule has 1 heterocycles. The third-order valence-electron chi connectivity index (χ3n) is 3.98. The van der Waals surface area contributed by atoms with Gasteiger partial charge in [-0.05, 0) is 50.6 Å². The Hall–Kier alpha value is -3.51. The fourth-order valence-corrected chi connectivity index (χ4v) is 3.40. The highest BCUT2D eigenvalue weighted by Gasteiger charge is 2.20. The molecule has 0 aliphatic rings. The van der Waals surface area contributed by atoms with Crippen molar-refractivity contribution in [2.75, 3.05) is 20.3 Å². The van der Waals surface area contributed by atoms with Gasteiger partial charge in [0, 0.05) is 38.1 Å². The van der Waals surface area contributed by atoms with Crippen LogP contribution in [0.5, 0.6) is 5.88 Å². The maximum Gasteiger partial charge on any atom is 0.515 e. The van der Waals surface area contributed by atoms with Crippen molar-refractivity contribution >= 4 is 28.0 Å². The van der Waals surface area contributed by atoms with Crippen molar-refractivity contribution in [1.82, 2.24) is 15.0 Å². The van der Waals surface area contributed by atoms with E-state index in [0.29, 0.717) is 19.6 Å². The minimum Gasteiger partial charge on any atom is -0.431 e. The first-order valence-electron chi connectivity index (χ1n) is 9.91. The molecule has 33 heavy (non-hydrogen) atoms. The summed E-state index contributed by atoms with van der Waals surface area (Å²) in [6.45, 7) is 4.22. The molecule has 0 unspecified atom stereocenters. The second-order valence-corrected chi connectivity index (χ2v) is 8.65. The molecular formula is C21H25N3O8S. The third-order valence-corrected chi connectivity index (χ3v) is 5.33. The molecule has 0 atom stereocenters. The fraction of sp³-hybridized carbons (Fsp3) is 0.333. The summed E-state index contributed by atoms with van der Waals surface area (Å²) >= 11 is 0. The zero-order chi connectivity index (χ0) is 24.4. The number of rotatable bonds is 10. The van der Waals surface area contributed by atoms with E-state index in [2.05, 4.69) is 10.3 Å². The van der Waals surface area contributed by atoms with Gasteiger partial charge in [0.2, 0.25) is 5.88 Å². The number of hydrogen-bond donors (Lipinski definition) is 2. The monoisotopic (exact) mass is 479 g/mol. The van der Waals surface area contributed by atoms with Gasteiger partial charge in [-0.2, -0.15) is 0 Å². The molecule has 178 valence electrons. The number of nitrogens with one attached hydrogen (secondary N) is 2. The molecule has 2 rings (SSSR count). The predicted octanol–water partition coefficient (Wildman–Crippen LogP) is 1.89. The van der Waals surface area contributed by atoms with Crippen molar-refractivity contribution in [3.63, 3.8) is 0 Å². The van der Waals surface area contributed by atoms with Crippen LogP contribution in [0.4, 0.5) is 4.79 Å². The molecule has 0 aliphatic heterocycles. The lowest BCUT2D eigenvalue weighted by atomic mass is 10.2. The molecule has 0 radical (unpaired) electrons. The third kappa shape index (κ3) is 8.16. The minimum absolute atomic E-state index is 0.0739. The molecule has 1 aromatic carbocycles. The Morgan fingerprint density at radius 3 is 2.24 bits per heavy atom. The van der Waals surface area contributed by atoms with Crippen molar-refractivity contribution in [3.8, 4) is 5.88 Å². The fourth-order valence-electron chi connectivity index (χ4n) is 2.42. The van der Waals surface area contributed by atoms with Gasteiger partial charge in [0.15, 0.2) is 0 Å². The van der Waals surface area contributed by atoms with Crippen LogP contribution in [0.3, 0.4) is 0 Å². The molecular weight excluding hydrogens is 454 g/mol. The van der Waals surface area contributed by atoms with Crippen molar-refractivity contribution in [2.24, 2.45) is 0 Å². The topological polar surface area (TPSA) is 150 Å². The lowest BCUT2D eigenvalue weighted by Crippen LogP contribution is -2.31. The van der Waals surface area contributed by atoms with Crippen molar-refractivity contribution < 1.29 is 37.0 Å². The molecule has 0 bridgehead atoms. The molecule has 2 aromatic rings. The standard InChI is InChI=1S/C21H25N3O8S/c1-14(2)31-21(27)32-18-10-7-16(13-23-18)20(26)24-33(28,29)17-8-5-15(6-9-17)19(25)22-11-4-12-30-3/h5-10,13-14H,4,11-12H2,1-3H3,(H,22,25)(H,24,26). The summed E-state index contributed by atoms with van der Waals surface area (Å²) in [7, 11) is -2.64. The van der Waals surface area contributed by atoms with E-state index in [4.69, 9.17) is 14.2 Å². The van der Waals surface area contributed by atoms with Crippen LogP contribution < -0.4 is 14.8 Å². The van der Waals surface area contributed by atoms with Crippen LogP contribution >= 0.6 is 0 Å². The molecule has 0 spiro atoms. The smallest absolute Gasteiger partial charge is 0.431 e. The van der Waals surface area contributed by atoms with E-state index >= 15 is 0 Å². The summed E-state index contributed by atoms with van der Waals surface area (Å²) < 4.78 is 41.5. The van der Waals surface area contributed by atoms with Crippen LogP contribution in [0.1, 0.15) is 41.0 Å². The number of amides is 2. The summed E-state index contributed by atoms with van der Waals surface area (Å²) in [6, 6.07) is 7.59. The molecule has 0 saturated carbocycles. The van der Waals surface area contributed by atoms with E-state index in [1.165, 1.54) is 36.4 Å². The highest BCUT2D eigenvalue weighted by Crippen LogP contribution is 2.13. The molecule has 0 aliphatic carbocycles. The van der Waals surface area contributed by atoms with E-state index in [9.17, 15) is 22.8 Å². The summed E-state index contributed by atoms with van der Waals surface area (Å²) in [5, 5.41) is 2.69. The largest absolute Gasteiger partial charge is 0.515 e. The van der Waals surface area contributed by atoms with Gasteiger partial charge in [-0.3, -0.25) is 9.59 Å². The number of ether oxygens (including phenoxy) is 3. The lowest BCUT2D eigenvalue weighted by molar-refractivity contribution is 0.0715. The highest BCUT2D eigenvalue weighted by atomic mass is 32.2. The number of methoxy groups -OCH3 is 1. The number of pyridine rings is 1. The van der Waals surface area contributed by atoms with Gasteiger partial charge in [0.1, 0.15) is 0 Å². The van der Waals surface area contributed by atoms with Gasteiger partial charge in [-0.1, -0.05) is 0 Å². The molecule has 2 amide bonds. The van der Waals surface area contributed by atoms with Gasteiger partial charge in [-0.25, -0.2) is 22.9 Å². The number of aromatic nitrogens is 1. The average Bonchev–Trinajstić information content (AvgIpc) is 2.76. The minimum atomic E-state index is -4.20. The van der Waals surface area contributed by atoms with Crippen molar-refractivity contribution in [1.29, 1.82) is 0 Å². The van der Waals surface area contributed by atoms with E-state index in [1.54, 1.807) is 21.0 Å². The van der Waals surface area contributed by atoms with Crippen LogP contribution in [0.15, 0.2) is 47.5 Å². The first-order chi connectivity index (χ1) is 15.6. The van der Waals surface area contributed by atoms with Crippen LogP contribution in [0.25, 0.3) is 0 Å². The van der Waals surface area contributed by atoms with E-state index in [-0.39, 0.29) is 33.9 Å². The Kier molecular flexibility index (Phi) is 9.30. The second-order valence-electron chi connectivity index (χ2n) is 6.97. The van der Waals surface area contributed by atoms with Crippen LogP contribution in [-0.4, -0.2) is 57.7 Å². The molecule has 0 saturated heterocycles. The number of nitrogens with zero attached hydrogens (tertiary/aromatic N) is 1. The van der Waals surface area contributed by atoms with Crippen molar-refractivity contribution in [2.45, 2.75) is 31.3 Å². The average molecular weight is 480 g/mol. The zero-order valence-electron chi connectivity index (χ0n) is 18.4. The van der Waals surface area contributed by atoms with Crippen LogP contribution in [0, 0.1) is 0 Å². The molecule has 12 heteroatoms. The van der Waals surface area contributed by atoms with Crippen LogP contribution in [0.2, 0.25) is 0 Å². The van der Waals surface area contributed by atoms with E-state index < -0.39 is 22.1 Å².